The van der Waals surface area contributed by atoms with Crippen molar-refractivity contribution in [1.29, 1.82) is 0 Å². The Hall–Kier alpha value is -2.64. The van der Waals surface area contributed by atoms with E-state index in [1.54, 1.807) is 13.1 Å². The first-order chi connectivity index (χ1) is 15.0. The van der Waals surface area contributed by atoms with Gasteiger partial charge in [-0.05, 0) is 64.7 Å². The van der Waals surface area contributed by atoms with E-state index in [9.17, 15) is 9.59 Å². The number of rotatable bonds is 4. The second-order valence-corrected chi connectivity index (χ2v) is 9.45. The molecule has 0 aromatic carbocycles. The number of hydrogen-bond donors (Lipinski definition) is 2. The fraction of sp³-hybridized carbons (Fsp3) is 0.652. The van der Waals surface area contributed by atoms with Crippen LogP contribution in [-0.4, -0.2) is 44.5 Å². The third-order valence-corrected chi connectivity index (χ3v) is 7.50. The van der Waals surface area contributed by atoms with Crippen molar-refractivity contribution in [3.05, 3.63) is 22.1 Å². The molecule has 0 atom stereocenters. The van der Waals surface area contributed by atoms with E-state index in [-0.39, 0.29) is 23.6 Å². The lowest BCUT2D eigenvalue weighted by Gasteiger charge is -2.31. The molecule has 2 saturated carbocycles. The molecule has 3 fully saturated rings. The second-order valence-electron chi connectivity index (χ2n) is 9.45. The van der Waals surface area contributed by atoms with Gasteiger partial charge < -0.3 is 16.0 Å². The molecule has 8 nitrogen and oxygen atoms in total. The lowest BCUT2D eigenvalue weighted by Crippen LogP contribution is -2.38. The second kappa shape index (κ2) is 8.13. The number of nitrogen functional groups attached to an aromatic ring is 1. The van der Waals surface area contributed by atoms with E-state index in [2.05, 4.69) is 10.3 Å². The van der Waals surface area contributed by atoms with Gasteiger partial charge in [-0.1, -0.05) is 0 Å². The minimum atomic E-state index is -0.0414. The van der Waals surface area contributed by atoms with E-state index in [1.807, 2.05) is 9.47 Å². The van der Waals surface area contributed by atoms with E-state index in [1.165, 1.54) is 0 Å². The van der Waals surface area contributed by atoms with Crippen molar-refractivity contribution in [2.24, 2.45) is 5.92 Å². The summed E-state index contributed by atoms with van der Waals surface area (Å²) in [4.78, 5) is 36.9. The molecule has 2 aromatic heterocycles. The van der Waals surface area contributed by atoms with Crippen LogP contribution in [0.1, 0.15) is 69.4 Å². The summed E-state index contributed by atoms with van der Waals surface area (Å²) in [6.07, 6.45) is 10.8. The molecule has 8 heteroatoms. The molecule has 0 radical (unpaired) electrons. The number of hydrogen-bond acceptors (Lipinski definition) is 6. The molecule has 3 N–H and O–H groups in total. The number of aromatic nitrogens is 3. The summed E-state index contributed by atoms with van der Waals surface area (Å²) in [7, 11) is 0. The number of nitrogens with one attached hydrogen (secondary N) is 1. The Morgan fingerprint density at radius 2 is 1.81 bits per heavy atom. The summed E-state index contributed by atoms with van der Waals surface area (Å²) < 4.78 is 1.82. The molecule has 1 saturated heterocycles. The molecule has 1 aliphatic heterocycles. The maximum Gasteiger partial charge on any atom is 0.257 e. The lowest BCUT2D eigenvalue weighted by atomic mass is 9.85. The van der Waals surface area contributed by atoms with Crippen LogP contribution in [0.15, 0.2) is 11.0 Å². The zero-order valence-electron chi connectivity index (χ0n) is 18.3. The fourth-order valence-electron chi connectivity index (χ4n) is 5.26. The standard InChI is InChI=1S/C23H32N6O2/c1-14-19(24)18-13-25-23(27-20(18)29(21(14)30)17-5-4-6-17)26-16-9-7-15(8-10-16)22(31)28-11-2-3-12-28/h13,15-17H,2-12,24H2,1H3,(H,25,26,27). The first kappa shape index (κ1) is 20.3. The van der Waals surface area contributed by atoms with Crippen molar-refractivity contribution in [1.82, 2.24) is 19.4 Å². The summed E-state index contributed by atoms with van der Waals surface area (Å²) >= 11 is 0. The topological polar surface area (TPSA) is 106 Å². The van der Waals surface area contributed by atoms with Gasteiger partial charge in [0.1, 0.15) is 0 Å². The summed E-state index contributed by atoms with van der Waals surface area (Å²) in [6, 6.07) is 0.441. The fourth-order valence-corrected chi connectivity index (χ4v) is 5.26. The number of likely N-dealkylation sites (tertiary alicyclic amines) is 1. The lowest BCUT2D eigenvalue weighted by molar-refractivity contribution is -0.135. The van der Waals surface area contributed by atoms with Crippen molar-refractivity contribution in [3.63, 3.8) is 0 Å². The van der Waals surface area contributed by atoms with Gasteiger partial charge in [0, 0.05) is 42.9 Å². The molecular formula is C23H32N6O2. The third kappa shape index (κ3) is 3.66. The van der Waals surface area contributed by atoms with Crippen molar-refractivity contribution < 1.29 is 4.79 Å². The smallest absolute Gasteiger partial charge is 0.257 e. The molecule has 2 aliphatic carbocycles. The number of anilines is 2. The quantitative estimate of drug-likeness (QED) is 0.781. The van der Waals surface area contributed by atoms with Crippen LogP contribution in [0.5, 0.6) is 0 Å². The normalized spacial score (nSPS) is 24.4. The first-order valence-electron chi connectivity index (χ1n) is 11.8. The van der Waals surface area contributed by atoms with Gasteiger partial charge in [-0.25, -0.2) is 4.98 Å². The van der Waals surface area contributed by atoms with Gasteiger partial charge in [0.15, 0.2) is 5.65 Å². The summed E-state index contributed by atoms with van der Waals surface area (Å²) in [5.41, 5.74) is 7.87. The Morgan fingerprint density at radius 1 is 1.10 bits per heavy atom. The molecule has 3 aliphatic rings. The van der Waals surface area contributed by atoms with E-state index in [4.69, 9.17) is 10.7 Å². The van der Waals surface area contributed by atoms with Gasteiger partial charge in [-0.3, -0.25) is 14.2 Å². The molecule has 3 heterocycles. The van der Waals surface area contributed by atoms with Gasteiger partial charge in [-0.15, -0.1) is 0 Å². The molecule has 1 amide bonds. The van der Waals surface area contributed by atoms with Crippen LogP contribution < -0.4 is 16.6 Å². The molecule has 0 spiro atoms. The van der Waals surface area contributed by atoms with Crippen molar-refractivity contribution >= 4 is 28.6 Å². The zero-order valence-corrected chi connectivity index (χ0v) is 18.3. The molecule has 0 unspecified atom stereocenters. The Morgan fingerprint density at radius 3 is 2.45 bits per heavy atom. The van der Waals surface area contributed by atoms with E-state index in [0.717, 1.165) is 76.3 Å². The molecule has 0 bridgehead atoms. The molecule has 166 valence electrons. The van der Waals surface area contributed by atoms with Crippen LogP contribution in [0.2, 0.25) is 0 Å². The minimum Gasteiger partial charge on any atom is -0.398 e. The summed E-state index contributed by atoms with van der Waals surface area (Å²) in [5.74, 6) is 1.03. The average Bonchev–Trinajstić information content (AvgIpc) is 3.29. The Labute approximate surface area is 182 Å². The third-order valence-electron chi connectivity index (χ3n) is 7.50. The maximum atomic E-state index is 12.9. The largest absolute Gasteiger partial charge is 0.398 e. The highest BCUT2D eigenvalue weighted by Gasteiger charge is 2.31. The van der Waals surface area contributed by atoms with Gasteiger partial charge in [0.25, 0.3) is 5.56 Å². The van der Waals surface area contributed by atoms with Gasteiger partial charge in [0.2, 0.25) is 11.9 Å². The van der Waals surface area contributed by atoms with E-state index in [0.29, 0.717) is 28.8 Å². The molecule has 31 heavy (non-hydrogen) atoms. The molecular weight excluding hydrogens is 392 g/mol. The van der Waals surface area contributed by atoms with Gasteiger partial charge >= 0.3 is 0 Å². The van der Waals surface area contributed by atoms with Crippen LogP contribution >= 0.6 is 0 Å². The molecule has 5 rings (SSSR count). The maximum absolute atomic E-state index is 12.9. The Bertz CT molecular complexity index is 1050. The average molecular weight is 425 g/mol. The minimum absolute atomic E-state index is 0.0414. The number of pyridine rings is 1. The Balaban J connectivity index is 1.33. The Kier molecular flexibility index (Phi) is 5.32. The first-order valence-corrected chi connectivity index (χ1v) is 11.8. The van der Waals surface area contributed by atoms with Crippen LogP contribution in [-0.2, 0) is 4.79 Å². The SMILES string of the molecule is Cc1c(N)c2cnc(NC3CCC(C(=O)N4CCCC4)CC3)nc2n(C2CCC2)c1=O. The predicted octanol–water partition coefficient (Wildman–Crippen LogP) is 3.00. The number of fused-ring (bicyclic) bond motifs is 1. The monoisotopic (exact) mass is 424 g/mol. The molecule has 2 aromatic rings. The number of carbonyl (C=O) groups excluding carboxylic acids is 1. The number of carbonyl (C=O) groups is 1. The zero-order chi connectivity index (χ0) is 21.5. The van der Waals surface area contributed by atoms with Crippen LogP contribution in [0.4, 0.5) is 11.6 Å². The van der Waals surface area contributed by atoms with Crippen LogP contribution in [0.25, 0.3) is 11.0 Å². The van der Waals surface area contributed by atoms with Crippen molar-refractivity contribution in [2.75, 3.05) is 24.1 Å². The van der Waals surface area contributed by atoms with Crippen molar-refractivity contribution in [3.8, 4) is 0 Å². The number of nitrogens with two attached hydrogens (primary N) is 1. The summed E-state index contributed by atoms with van der Waals surface area (Å²) in [5, 5.41) is 4.20. The van der Waals surface area contributed by atoms with E-state index < -0.39 is 0 Å². The highest BCUT2D eigenvalue weighted by Crippen LogP contribution is 2.34. The number of amides is 1. The van der Waals surface area contributed by atoms with Crippen molar-refractivity contribution in [2.45, 2.75) is 76.8 Å². The van der Waals surface area contributed by atoms with Gasteiger partial charge in [0.05, 0.1) is 11.1 Å². The van der Waals surface area contributed by atoms with E-state index >= 15 is 0 Å². The van der Waals surface area contributed by atoms with Gasteiger partial charge in [-0.2, -0.15) is 4.98 Å². The van der Waals surface area contributed by atoms with Crippen LogP contribution in [0, 0.1) is 12.8 Å². The summed E-state index contributed by atoms with van der Waals surface area (Å²) in [6.45, 7) is 3.63. The highest BCUT2D eigenvalue weighted by molar-refractivity contribution is 5.89. The predicted molar refractivity (Wildman–Crippen MR) is 121 cm³/mol. The highest BCUT2D eigenvalue weighted by atomic mass is 16.2. The number of nitrogens with zero attached hydrogens (tertiary/aromatic N) is 4. The van der Waals surface area contributed by atoms with Crippen LogP contribution in [0.3, 0.4) is 0 Å².